The summed E-state index contributed by atoms with van der Waals surface area (Å²) in [6.07, 6.45) is 1.83. The molecule has 0 amide bonds. The number of benzene rings is 2. The Balaban J connectivity index is 1.47. The predicted octanol–water partition coefficient (Wildman–Crippen LogP) is 5.20. The Morgan fingerprint density at radius 3 is 2.05 bits per heavy atom. The van der Waals surface area contributed by atoms with E-state index in [2.05, 4.69) is 97.4 Å². The van der Waals surface area contributed by atoms with Crippen LogP contribution in [0.2, 0.25) is 5.04 Å². The van der Waals surface area contributed by atoms with Gasteiger partial charge in [-0.3, -0.25) is 4.79 Å². The molecule has 2 fully saturated rings. The van der Waals surface area contributed by atoms with Gasteiger partial charge in [-0.15, -0.1) is 11.6 Å². The Labute approximate surface area is 235 Å². The lowest BCUT2D eigenvalue weighted by Gasteiger charge is -2.46. The van der Waals surface area contributed by atoms with Crippen LogP contribution in [0.4, 0.5) is 0 Å². The van der Waals surface area contributed by atoms with Crippen molar-refractivity contribution in [2.75, 3.05) is 13.7 Å². The molecule has 37 heavy (non-hydrogen) atoms. The lowest BCUT2D eigenvalue weighted by Crippen LogP contribution is -2.66. The van der Waals surface area contributed by atoms with Crippen LogP contribution in [-0.4, -0.2) is 62.6 Å². The monoisotopic (exact) mass is 608 g/mol. The summed E-state index contributed by atoms with van der Waals surface area (Å²) in [6, 6.07) is 21.3. The van der Waals surface area contributed by atoms with Gasteiger partial charge < -0.3 is 18.6 Å². The number of esters is 1. The molecule has 0 N–H and O–H groups in total. The third-order valence-electron chi connectivity index (χ3n) is 7.57. The molecule has 2 aromatic carbocycles. The number of hydrogen-bond acceptors (Lipinski definition) is 5. The molecule has 0 aromatic heterocycles. The lowest BCUT2D eigenvalue weighted by molar-refractivity contribution is -0.188. The molecule has 0 bridgehead atoms. The van der Waals surface area contributed by atoms with Crippen LogP contribution in [0.15, 0.2) is 60.7 Å². The Bertz CT molecular complexity index is 978. The number of methoxy groups -OCH3 is 1. The topological polar surface area (TPSA) is 54.0 Å². The maximum Gasteiger partial charge on any atom is 0.308 e. The zero-order valence-corrected chi connectivity index (χ0v) is 25.4. The Morgan fingerprint density at radius 2 is 1.51 bits per heavy atom. The van der Waals surface area contributed by atoms with Gasteiger partial charge in [0.1, 0.15) is 0 Å². The molecule has 5 nitrogen and oxygen atoms in total. The highest BCUT2D eigenvalue weighted by Crippen LogP contribution is 2.39. The second-order valence-electron chi connectivity index (χ2n) is 11.0. The Hall–Kier alpha value is -1.22. The summed E-state index contributed by atoms with van der Waals surface area (Å²) in [5.74, 6) is -0.273. The van der Waals surface area contributed by atoms with Crippen LogP contribution in [0, 0.1) is 0 Å². The molecule has 0 saturated carbocycles. The highest BCUT2D eigenvalue weighted by Gasteiger charge is 2.50. The maximum atomic E-state index is 11.8. The molecule has 2 saturated heterocycles. The number of carbonyl (C=O) groups is 1. The van der Waals surface area contributed by atoms with Crippen LogP contribution in [0.5, 0.6) is 0 Å². The molecule has 2 aliphatic rings. The van der Waals surface area contributed by atoms with Crippen LogP contribution in [0.1, 0.15) is 46.5 Å². The minimum absolute atomic E-state index is 0.0220. The molecule has 6 atom stereocenters. The van der Waals surface area contributed by atoms with Crippen molar-refractivity contribution in [2.24, 2.45) is 0 Å². The lowest BCUT2D eigenvalue weighted by atomic mass is 9.91. The molecule has 2 heterocycles. The van der Waals surface area contributed by atoms with Gasteiger partial charge in [0.25, 0.3) is 8.32 Å². The normalized spacial score (nSPS) is 28.4. The average Bonchev–Trinajstić information content (AvgIpc) is 2.88. The van der Waals surface area contributed by atoms with Crippen molar-refractivity contribution in [3.05, 3.63) is 60.7 Å². The molecule has 202 valence electrons. The average molecular weight is 610 g/mol. The standard InChI is InChI=1S/C29H38BrClO5Si/c1-29(2,3)37(20-11-7-5-8-12-20,21-13-9-6-10-14-21)34-16-15-24-23(31)18-27-26(35-24)17-22(30)25(36-27)19-28(32)33-4/h5-14,22-27H,15-19H2,1-4H3/t22-,23+,24+,25+,26-,27-/m1/s1. The van der Waals surface area contributed by atoms with Crippen LogP contribution in [0.25, 0.3) is 0 Å². The highest BCUT2D eigenvalue weighted by atomic mass is 79.9. The van der Waals surface area contributed by atoms with Crippen molar-refractivity contribution in [3.63, 3.8) is 0 Å². The number of ether oxygens (including phenoxy) is 3. The van der Waals surface area contributed by atoms with Gasteiger partial charge in [-0.25, -0.2) is 0 Å². The summed E-state index contributed by atoms with van der Waals surface area (Å²) in [7, 11) is -1.21. The summed E-state index contributed by atoms with van der Waals surface area (Å²) in [5, 5.41) is 2.26. The van der Waals surface area contributed by atoms with Crippen LogP contribution in [0.3, 0.4) is 0 Å². The highest BCUT2D eigenvalue weighted by molar-refractivity contribution is 9.09. The van der Waals surface area contributed by atoms with E-state index < -0.39 is 8.32 Å². The van der Waals surface area contributed by atoms with Crippen LogP contribution >= 0.6 is 27.5 Å². The van der Waals surface area contributed by atoms with Gasteiger partial charge in [0.2, 0.25) is 0 Å². The van der Waals surface area contributed by atoms with E-state index in [0.29, 0.717) is 19.4 Å². The zero-order valence-electron chi connectivity index (χ0n) is 22.1. The minimum Gasteiger partial charge on any atom is -0.469 e. The fourth-order valence-electron chi connectivity index (χ4n) is 5.72. The summed E-state index contributed by atoms with van der Waals surface area (Å²) in [4.78, 5) is 11.8. The van der Waals surface area contributed by atoms with E-state index in [0.717, 1.165) is 6.42 Å². The number of rotatable bonds is 8. The van der Waals surface area contributed by atoms with Crippen LogP contribution < -0.4 is 10.4 Å². The molecule has 0 spiro atoms. The van der Waals surface area contributed by atoms with Crippen molar-refractivity contribution in [1.82, 2.24) is 0 Å². The SMILES string of the molecule is COC(=O)C[C@@H]1O[C@@H]2C[C@H](Cl)[C@H](CCO[Si](c3ccccc3)(c3ccccc3)C(C)(C)C)O[C@@H]2C[C@H]1Br. The zero-order chi connectivity index (χ0) is 26.6. The van der Waals surface area contributed by atoms with E-state index in [-0.39, 0.29) is 52.0 Å². The molecular formula is C29H38BrClO5Si. The first kappa shape index (κ1) is 28.8. The number of alkyl halides is 2. The Kier molecular flexibility index (Phi) is 9.57. The van der Waals surface area contributed by atoms with Crippen molar-refractivity contribution in [3.8, 4) is 0 Å². The fourth-order valence-corrected chi connectivity index (χ4v) is 11.3. The van der Waals surface area contributed by atoms with E-state index in [1.807, 2.05) is 0 Å². The second-order valence-corrected chi connectivity index (χ2v) is 17.1. The van der Waals surface area contributed by atoms with Gasteiger partial charge in [0.15, 0.2) is 0 Å². The molecular weight excluding hydrogens is 572 g/mol. The molecule has 0 aliphatic carbocycles. The number of halogens is 2. The smallest absolute Gasteiger partial charge is 0.308 e. The molecule has 4 rings (SSSR count). The fraction of sp³-hybridized carbons (Fsp3) is 0.552. The quantitative estimate of drug-likeness (QED) is 0.234. The van der Waals surface area contributed by atoms with Gasteiger partial charge in [-0.05, 0) is 34.7 Å². The first-order valence-electron chi connectivity index (χ1n) is 13.1. The molecule has 0 unspecified atom stereocenters. The van der Waals surface area contributed by atoms with Crippen molar-refractivity contribution in [2.45, 2.75) is 86.1 Å². The number of hydrogen-bond donors (Lipinski definition) is 0. The van der Waals surface area contributed by atoms with Crippen LogP contribution in [-0.2, 0) is 23.4 Å². The van der Waals surface area contributed by atoms with E-state index in [9.17, 15) is 4.79 Å². The largest absolute Gasteiger partial charge is 0.469 e. The van der Waals surface area contributed by atoms with Gasteiger partial charge in [0, 0.05) is 11.4 Å². The van der Waals surface area contributed by atoms with Gasteiger partial charge in [0.05, 0.1) is 43.3 Å². The van der Waals surface area contributed by atoms with Gasteiger partial charge in [-0.2, -0.15) is 0 Å². The summed E-state index contributed by atoms with van der Waals surface area (Å²) >= 11 is 10.5. The summed E-state index contributed by atoms with van der Waals surface area (Å²) < 4.78 is 24.6. The third kappa shape index (κ3) is 6.34. The second kappa shape index (κ2) is 12.3. The first-order valence-corrected chi connectivity index (χ1v) is 16.3. The van der Waals surface area contributed by atoms with Crippen molar-refractivity contribution < 1.29 is 23.4 Å². The minimum atomic E-state index is -2.60. The maximum absolute atomic E-state index is 11.8. The predicted molar refractivity (Wildman–Crippen MR) is 154 cm³/mol. The third-order valence-corrected chi connectivity index (χ3v) is 14.0. The molecule has 0 radical (unpaired) electrons. The van der Waals surface area contributed by atoms with E-state index in [1.54, 1.807) is 0 Å². The molecule has 8 heteroatoms. The summed E-state index contributed by atoms with van der Waals surface area (Å²) in [5.41, 5.74) is 0. The first-order chi connectivity index (χ1) is 17.7. The number of fused-ring (bicyclic) bond motifs is 1. The van der Waals surface area contributed by atoms with Crippen molar-refractivity contribution in [1.29, 1.82) is 0 Å². The molecule has 2 aliphatic heterocycles. The van der Waals surface area contributed by atoms with E-state index in [4.69, 9.17) is 30.2 Å². The van der Waals surface area contributed by atoms with Crippen molar-refractivity contribution >= 4 is 52.2 Å². The van der Waals surface area contributed by atoms with E-state index in [1.165, 1.54) is 17.5 Å². The van der Waals surface area contributed by atoms with Gasteiger partial charge in [-0.1, -0.05) is 97.4 Å². The summed E-state index contributed by atoms with van der Waals surface area (Å²) in [6.45, 7) is 7.41. The van der Waals surface area contributed by atoms with E-state index >= 15 is 0 Å². The number of carbonyl (C=O) groups excluding carboxylic acids is 1. The Morgan fingerprint density at radius 1 is 0.973 bits per heavy atom. The molecule has 2 aromatic rings. The van der Waals surface area contributed by atoms with Gasteiger partial charge >= 0.3 is 5.97 Å².